The number of benzene rings is 1. The van der Waals surface area contributed by atoms with Crippen LogP contribution in [0.4, 0.5) is 8.78 Å². The maximum Gasteiger partial charge on any atom is 0.312 e. The van der Waals surface area contributed by atoms with Crippen molar-refractivity contribution in [3.8, 4) is 0 Å². The van der Waals surface area contributed by atoms with Crippen molar-refractivity contribution in [1.82, 2.24) is 15.0 Å². The molecule has 0 atom stereocenters. The van der Waals surface area contributed by atoms with Crippen LogP contribution in [-0.2, 0) is 5.92 Å². The Labute approximate surface area is 131 Å². The molecule has 0 saturated carbocycles. The van der Waals surface area contributed by atoms with E-state index in [2.05, 4.69) is 19.9 Å². The Morgan fingerprint density at radius 1 is 1.04 bits per heavy atom. The third-order valence-corrected chi connectivity index (χ3v) is 4.17. The second-order valence-electron chi connectivity index (χ2n) is 6.10. The molecule has 0 amide bonds. The molecular formula is C17H14F2N4. The molecule has 0 fully saturated rings. The largest absolute Gasteiger partial charge is 0.359 e. The first-order valence-electron chi connectivity index (χ1n) is 7.28. The van der Waals surface area contributed by atoms with E-state index in [0.29, 0.717) is 22.5 Å². The lowest BCUT2D eigenvalue weighted by atomic mass is 9.86. The van der Waals surface area contributed by atoms with E-state index in [-0.39, 0.29) is 5.69 Å². The smallest absolute Gasteiger partial charge is 0.312 e. The van der Waals surface area contributed by atoms with Crippen molar-refractivity contribution in [1.29, 1.82) is 0 Å². The highest BCUT2D eigenvalue weighted by molar-refractivity contribution is 6.13. The summed E-state index contributed by atoms with van der Waals surface area (Å²) in [6.45, 7) is 2.84. The Balaban J connectivity index is 1.95. The summed E-state index contributed by atoms with van der Waals surface area (Å²) in [5.41, 5.74) is 1.09. The summed E-state index contributed by atoms with van der Waals surface area (Å²) in [6.07, 6.45) is 3.08. The average molecular weight is 312 g/mol. The molecule has 116 valence electrons. The highest BCUT2D eigenvalue weighted by atomic mass is 19.3. The minimum Gasteiger partial charge on any atom is -0.359 e. The lowest BCUT2D eigenvalue weighted by molar-refractivity contribution is -0.0716. The molecule has 3 aromatic rings. The molecule has 0 saturated heterocycles. The fourth-order valence-corrected chi connectivity index (χ4v) is 2.81. The summed E-state index contributed by atoms with van der Waals surface area (Å²) in [5.74, 6) is -3.07. The molecule has 6 heteroatoms. The topological polar surface area (TPSA) is 53.9 Å². The van der Waals surface area contributed by atoms with Crippen LogP contribution in [0.2, 0.25) is 0 Å². The predicted molar refractivity (Wildman–Crippen MR) is 83.9 cm³/mol. The number of hydrogen-bond acceptors (Lipinski definition) is 3. The molecular weight excluding hydrogens is 298 g/mol. The van der Waals surface area contributed by atoms with E-state index in [1.54, 1.807) is 12.3 Å². The normalized spacial score (nSPS) is 18.5. The Hall–Kier alpha value is -2.63. The van der Waals surface area contributed by atoms with Crippen LogP contribution in [0.25, 0.3) is 11.0 Å². The highest BCUT2D eigenvalue weighted by Gasteiger charge is 2.53. The Morgan fingerprint density at radius 2 is 1.78 bits per heavy atom. The van der Waals surface area contributed by atoms with Crippen LogP contribution in [-0.4, -0.2) is 26.2 Å². The number of halogens is 2. The van der Waals surface area contributed by atoms with E-state index < -0.39 is 11.5 Å². The molecule has 1 aromatic carbocycles. The first kappa shape index (κ1) is 14.0. The number of aliphatic imine (C=N–C) groups is 1. The summed E-state index contributed by atoms with van der Waals surface area (Å²) >= 11 is 0. The molecule has 0 radical (unpaired) electrons. The van der Waals surface area contributed by atoms with Crippen LogP contribution in [0, 0.1) is 0 Å². The fourth-order valence-electron chi connectivity index (χ4n) is 2.81. The number of aromatic nitrogens is 3. The van der Waals surface area contributed by atoms with Gasteiger partial charge in [0.05, 0.1) is 28.6 Å². The zero-order valence-electron chi connectivity index (χ0n) is 12.6. The van der Waals surface area contributed by atoms with Crippen LogP contribution in [0.1, 0.15) is 30.8 Å². The summed E-state index contributed by atoms with van der Waals surface area (Å²) in [6, 6.07) is 9.04. The number of rotatable bonds is 1. The lowest BCUT2D eigenvalue weighted by Crippen LogP contribution is -2.44. The molecule has 1 N–H and O–H groups in total. The predicted octanol–water partition coefficient (Wildman–Crippen LogP) is 3.68. The van der Waals surface area contributed by atoms with Crippen molar-refractivity contribution < 1.29 is 8.78 Å². The molecule has 1 aliphatic heterocycles. The molecule has 1 aliphatic rings. The summed E-state index contributed by atoms with van der Waals surface area (Å²) < 4.78 is 29.2. The Morgan fingerprint density at radius 3 is 2.57 bits per heavy atom. The van der Waals surface area contributed by atoms with Gasteiger partial charge in [0.15, 0.2) is 0 Å². The second kappa shape index (κ2) is 4.44. The van der Waals surface area contributed by atoms with Gasteiger partial charge in [-0.15, -0.1) is 0 Å². The van der Waals surface area contributed by atoms with Gasteiger partial charge in [-0.3, -0.25) is 9.98 Å². The number of fused-ring (bicyclic) bond motifs is 2. The van der Waals surface area contributed by atoms with Crippen molar-refractivity contribution in [3.63, 3.8) is 0 Å². The number of nitrogens with one attached hydrogen (secondary N) is 1. The molecule has 23 heavy (non-hydrogen) atoms. The molecule has 2 aromatic heterocycles. The van der Waals surface area contributed by atoms with E-state index in [9.17, 15) is 8.78 Å². The minimum absolute atomic E-state index is 0.123. The van der Waals surface area contributed by atoms with Crippen LogP contribution in [0.15, 0.2) is 47.7 Å². The van der Waals surface area contributed by atoms with Crippen LogP contribution in [0.5, 0.6) is 0 Å². The van der Waals surface area contributed by atoms with Crippen LogP contribution >= 0.6 is 0 Å². The highest BCUT2D eigenvalue weighted by Crippen LogP contribution is 2.45. The lowest BCUT2D eigenvalue weighted by Gasteiger charge is -2.35. The fraction of sp³-hybridized carbons (Fsp3) is 0.235. The van der Waals surface area contributed by atoms with Crippen molar-refractivity contribution in [2.24, 2.45) is 4.99 Å². The summed E-state index contributed by atoms with van der Waals surface area (Å²) in [5, 5.41) is 0. The number of aromatic amines is 1. The van der Waals surface area contributed by atoms with Gasteiger partial charge in [0.2, 0.25) is 0 Å². The summed E-state index contributed by atoms with van der Waals surface area (Å²) in [7, 11) is 0. The number of alkyl halides is 2. The molecule has 0 spiro atoms. The van der Waals surface area contributed by atoms with Gasteiger partial charge in [0.25, 0.3) is 0 Å². The number of hydrogen-bond donors (Lipinski definition) is 1. The van der Waals surface area contributed by atoms with Gasteiger partial charge in [-0.25, -0.2) is 4.98 Å². The van der Waals surface area contributed by atoms with E-state index in [1.807, 2.05) is 24.3 Å². The first-order chi connectivity index (χ1) is 10.9. The number of para-hydroxylation sites is 2. The molecule has 0 bridgehead atoms. The van der Waals surface area contributed by atoms with Crippen LogP contribution < -0.4 is 0 Å². The quantitative estimate of drug-likeness (QED) is 0.745. The standard InChI is InChI=1S/C17H14F2N4/c1-16(2)17(18,19)15-10(7-8-20-15)14(23-16)13-9-21-11-5-3-4-6-12(11)22-13/h3-9,20H,1-2H3. The SMILES string of the molecule is CC1(C)N=C(c2cnc3ccccc3n2)c2cc[nH]c2C1(F)F. The van der Waals surface area contributed by atoms with E-state index >= 15 is 0 Å². The van der Waals surface area contributed by atoms with Gasteiger partial charge >= 0.3 is 5.92 Å². The molecule has 0 unspecified atom stereocenters. The van der Waals surface area contributed by atoms with Gasteiger partial charge in [-0.05, 0) is 32.0 Å². The summed E-state index contributed by atoms with van der Waals surface area (Å²) in [4.78, 5) is 15.9. The third kappa shape index (κ3) is 1.91. The van der Waals surface area contributed by atoms with Crippen molar-refractivity contribution in [2.45, 2.75) is 25.3 Å². The number of nitrogens with zero attached hydrogens (tertiary/aromatic N) is 3. The molecule has 4 rings (SSSR count). The Bertz CT molecular complexity index is 940. The van der Waals surface area contributed by atoms with E-state index in [1.165, 1.54) is 20.0 Å². The second-order valence-corrected chi connectivity index (χ2v) is 6.10. The zero-order valence-corrected chi connectivity index (χ0v) is 12.6. The first-order valence-corrected chi connectivity index (χ1v) is 7.28. The monoisotopic (exact) mass is 312 g/mol. The van der Waals surface area contributed by atoms with Gasteiger partial charge in [-0.1, -0.05) is 12.1 Å². The molecule has 4 nitrogen and oxygen atoms in total. The minimum atomic E-state index is -3.07. The third-order valence-electron chi connectivity index (χ3n) is 4.17. The van der Waals surface area contributed by atoms with Crippen molar-refractivity contribution in [2.75, 3.05) is 0 Å². The zero-order chi connectivity index (χ0) is 16.2. The number of H-pyrrole nitrogens is 1. The molecule has 0 aliphatic carbocycles. The van der Waals surface area contributed by atoms with Gasteiger partial charge < -0.3 is 4.98 Å². The van der Waals surface area contributed by atoms with Crippen LogP contribution in [0.3, 0.4) is 0 Å². The van der Waals surface area contributed by atoms with Gasteiger partial charge in [0.1, 0.15) is 11.2 Å². The van der Waals surface area contributed by atoms with Crippen molar-refractivity contribution >= 4 is 16.7 Å². The van der Waals surface area contributed by atoms with Gasteiger partial charge in [0, 0.05) is 11.8 Å². The van der Waals surface area contributed by atoms with E-state index in [0.717, 1.165) is 5.52 Å². The maximum absolute atomic E-state index is 14.6. The average Bonchev–Trinajstić information content (AvgIpc) is 3.01. The maximum atomic E-state index is 14.6. The van der Waals surface area contributed by atoms with Gasteiger partial charge in [-0.2, -0.15) is 8.78 Å². The van der Waals surface area contributed by atoms with Crippen molar-refractivity contribution in [3.05, 3.63) is 59.7 Å². The molecule has 3 heterocycles. The van der Waals surface area contributed by atoms with E-state index in [4.69, 9.17) is 0 Å². The Kier molecular flexibility index (Phi) is 2.70.